The average molecular weight is 593 g/mol. The van der Waals surface area contributed by atoms with E-state index in [-0.39, 0.29) is 32.2 Å². The summed E-state index contributed by atoms with van der Waals surface area (Å²) in [5.74, 6) is -0.211. The van der Waals surface area contributed by atoms with Crippen molar-refractivity contribution in [1.29, 1.82) is 0 Å². The first-order valence-electron chi connectivity index (χ1n) is 13.6. The molecule has 1 atom stereocenters. The smallest absolute Gasteiger partial charge is 0.395 e. The first kappa shape index (κ1) is 29.3. The van der Waals surface area contributed by atoms with Crippen molar-refractivity contribution >= 4 is 21.4 Å². The number of hydrogen-bond donors (Lipinski definition) is 2. The van der Waals surface area contributed by atoms with Gasteiger partial charge in [-0.1, -0.05) is 24.3 Å². The minimum absolute atomic E-state index is 0.0595. The second-order valence-corrected chi connectivity index (χ2v) is 12.4. The highest BCUT2D eigenvalue weighted by atomic mass is 32.2. The number of halogens is 4. The highest BCUT2D eigenvalue weighted by molar-refractivity contribution is 7.89. The number of benzene rings is 2. The van der Waals surface area contributed by atoms with E-state index in [2.05, 4.69) is 10.3 Å². The first-order valence-corrected chi connectivity index (χ1v) is 15.0. The fraction of sp³-hybridized carbons (Fsp3) is 0.414. The van der Waals surface area contributed by atoms with Crippen molar-refractivity contribution in [2.24, 2.45) is 0 Å². The third-order valence-electron chi connectivity index (χ3n) is 7.61. The molecule has 2 aliphatic rings. The van der Waals surface area contributed by atoms with Crippen LogP contribution in [-0.2, 0) is 29.5 Å². The zero-order chi connectivity index (χ0) is 29.2. The van der Waals surface area contributed by atoms with E-state index >= 15 is 0 Å². The van der Waals surface area contributed by atoms with Gasteiger partial charge in [0.05, 0.1) is 18.8 Å². The standard InChI is InChI=1S/C29H32F4N4O3S/c30-22-9-4-20(5-10-22)6-11-25-18-36(41(39,40)29(31,32)33)19-27-26(21-7-8-21)2-1-3-28(27)37(25)17-24-16-23(12-13-34-24)35-14-15-38/h1-5,9-10,12-13,16,21,25,38H,6-8,11,14-15,17-19H2,(H,34,35)/t25-/m0/s1. The quantitative estimate of drug-likeness (QED) is 0.316. The summed E-state index contributed by atoms with van der Waals surface area (Å²) in [4.78, 5) is 6.45. The monoisotopic (exact) mass is 592 g/mol. The van der Waals surface area contributed by atoms with Crippen LogP contribution in [0.4, 0.5) is 28.9 Å². The molecule has 0 radical (unpaired) electrons. The Hall–Kier alpha value is -3.22. The highest BCUT2D eigenvalue weighted by Gasteiger charge is 2.51. The van der Waals surface area contributed by atoms with Crippen LogP contribution in [0.2, 0.25) is 0 Å². The van der Waals surface area contributed by atoms with Crippen molar-refractivity contribution < 1.29 is 31.1 Å². The first-order chi connectivity index (χ1) is 19.6. The molecular formula is C29H32F4N4O3S. The van der Waals surface area contributed by atoms with Crippen LogP contribution in [0.1, 0.15) is 47.6 Å². The molecule has 7 nitrogen and oxygen atoms in total. The van der Waals surface area contributed by atoms with Gasteiger partial charge in [0.1, 0.15) is 5.82 Å². The summed E-state index contributed by atoms with van der Waals surface area (Å²) in [5, 5.41) is 12.3. The maximum atomic E-state index is 13.9. The lowest BCUT2D eigenvalue weighted by atomic mass is 9.99. The average Bonchev–Trinajstić information content (AvgIpc) is 3.79. The topological polar surface area (TPSA) is 85.8 Å². The number of alkyl halides is 3. The molecule has 1 aliphatic heterocycles. The Bertz CT molecular complexity index is 1460. The van der Waals surface area contributed by atoms with Gasteiger partial charge >= 0.3 is 15.5 Å². The fourth-order valence-corrected chi connectivity index (χ4v) is 6.37. The predicted octanol–water partition coefficient (Wildman–Crippen LogP) is 5.18. The summed E-state index contributed by atoms with van der Waals surface area (Å²) < 4.78 is 81.4. The molecule has 220 valence electrons. The lowest BCUT2D eigenvalue weighted by molar-refractivity contribution is -0.0492. The molecule has 41 heavy (non-hydrogen) atoms. The minimum Gasteiger partial charge on any atom is -0.395 e. The number of sulfonamides is 1. The van der Waals surface area contributed by atoms with E-state index in [1.165, 1.54) is 12.1 Å². The number of aryl methyl sites for hydroxylation is 1. The molecule has 0 spiro atoms. The molecule has 2 aromatic carbocycles. The third kappa shape index (κ3) is 6.65. The molecule has 1 fully saturated rings. The normalized spacial score (nSPS) is 18.2. The van der Waals surface area contributed by atoms with Crippen molar-refractivity contribution in [1.82, 2.24) is 9.29 Å². The van der Waals surface area contributed by atoms with E-state index in [9.17, 15) is 31.1 Å². The van der Waals surface area contributed by atoms with Gasteiger partial charge in [-0.2, -0.15) is 17.5 Å². The van der Waals surface area contributed by atoms with Gasteiger partial charge in [0, 0.05) is 43.2 Å². The Morgan fingerprint density at radius 3 is 2.51 bits per heavy atom. The Morgan fingerprint density at radius 1 is 1.07 bits per heavy atom. The number of hydrogen-bond acceptors (Lipinski definition) is 6. The van der Waals surface area contributed by atoms with Crippen LogP contribution in [0.5, 0.6) is 0 Å². The van der Waals surface area contributed by atoms with E-state index in [0.717, 1.165) is 29.7 Å². The largest absolute Gasteiger partial charge is 0.511 e. The summed E-state index contributed by atoms with van der Waals surface area (Å²) in [6.07, 6.45) is 4.14. The Morgan fingerprint density at radius 2 is 1.83 bits per heavy atom. The summed E-state index contributed by atoms with van der Waals surface area (Å²) in [6, 6.07) is 14.4. The highest BCUT2D eigenvalue weighted by Crippen LogP contribution is 2.46. The van der Waals surface area contributed by atoms with Gasteiger partial charge in [0.2, 0.25) is 0 Å². The Labute approximate surface area is 236 Å². The molecular weight excluding hydrogens is 560 g/mol. The number of pyridine rings is 1. The maximum Gasteiger partial charge on any atom is 0.511 e. The van der Waals surface area contributed by atoms with Gasteiger partial charge in [0.15, 0.2) is 0 Å². The Balaban J connectivity index is 1.57. The molecule has 2 N–H and O–H groups in total. The zero-order valence-electron chi connectivity index (χ0n) is 22.3. The van der Waals surface area contributed by atoms with E-state index < -0.39 is 27.4 Å². The van der Waals surface area contributed by atoms with Crippen LogP contribution in [0.25, 0.3) is 0 Å². The number of fused-ring (bicyclic) bond motifs is 1. The SMILES string of the molecule is O=S(=O)(N1Cc2c(C3CC3)cccc2N(Cc2cc(NCCO)ccn2)[C@@H](CCc2ccc(F)cc2)C1)C(F)(F)F. The summed E-state index contributed by atoms with van der Waals surface area (Å²) in [5.41, 5.74) is -1.13. The minimum atomic E-state index is -5.61. The summed E-state index contributed by atoms with van der Waals surface area (Å²) in [6.45, 7) is -0.242. The maximum absolute atomic E-state index is 13.9. The molecule has 0 bridgehead atoms. The van der Waals surface area contributed by atoms with Gasteiger partial charge in [0.25, 0.3) is 0 Å². The number of aliphatic hydroxyl groups excluding tert-OH is 1. The van der Waals surface area contributed by atoms with Gasteiger partial charge in [-0.3, -0.25) is 4.98 Å². The number of rotatable bonds is 10. The van der Waals surface area contributed by atoms with Crippen LogP contribution in [0.3, 0.4) is 0 Å². The molecule has 0 amide bonds. The van der Waals surface area contributed by atoms with Gasteiger partial charge < -0.3 is 15.3 Å². The van der Waals surface area contributed by atoms with Crippen LogP contribution in [0.15, 0.2) is 60.8 Å². The summed E-state index contributed by atoms with van der Waals surface area (Å²) >= 11 is 0. The van der Waals surface area contributed by atoms with Crippen LogP contribution < -0.4 is 10.2 Å². The molecule has 0 saturated heterocycles. The van der Waals surface area contributed by atoms with Crippen molar-refractivity contribution in [3.63, 3.8) is 0 Å². The van der Waals surface area contributed by atoms with E-state index in [4.69, 9.17) is 0 Å². The van der Waals surface area contributed by atoms with Gasteiger partial charge in [-0.25, -0.2) is 12.8 Å². The summed E-state index contributed by atoms with van der Waals surface area (Å²) in [7, 11) is -5.61. The molecule has 12 heteroatoms. The number of nitrogens with one attached hydrogen (secondary N) is 1. The van der Waals surface area contributed by atoms with E-state index in [0.29, 0.717) is 40.6 Å². The van der Waals surface area contributed by atoms with Gasteiger partial charge in [-0.05, 0) is 78.6 Å². The molecule has 2 heterocycles. The molecule has 1 aromatic heterocycles. The fourth-order valence-electron chi connectivity index (χ4n) is 5.41. The van der Waals surface area contributed by atoms with E-state index in [1.807, 2.05) is 29.2 Å². The lowest BCUT2D eigenvalue weighted by Crippen LogP contribution is -2.47. The molecule has 1 aliphatic carbocycles. The number of anilines is 2. The van der Waals surface area contributed by atoms with E-state index in [1.54, 1.807) is 24.4 Å². The lowest BCUT2D eigenvalue weighted by Gasteiger charge is -2.34. The Kier molecular flexibility index (Phi) is 8.53. The zero-order valence-corrected chi connectivity index (χ0v) is 23.1. The molecule has 0 unspecified atom stereocenters. The van der Waals surface area contributed by atoms with Crippen molar-refractivity contribution in [2.45, 2.75) is 56.2 Å². The molecule has 5 rings (SSSR count). The molecule has 1 saturated carbocycles. The van der Waals surface area contributed by atoms with Crippen LogP contribution >= 0.6 is 0 Å². The molecule has 3 aromatic rings. The van der Waals surface area contributed by atoms with Crippen molar-refractivity contribution in [3.05, 3.63) is 89.0 Å². The van der Waals surface area contributed by atoms with Crippen molar-refractivity contribution in [3.8, 4) is 0 Å². The second-order valence-electron chi connectivity index (χ2n) is 10.5. The van der Waals surface area contributed by atoms with Crippen LogP contribution in [0, 0.1) is 5.82 Å². The van der Waals surface area contributed by atoms with Crippen molar-refractivity contribution in [2.75, 3.05) is 29.9 Å². The number of aliphatic hydroxyl groups is 1. The predicted molar refractivity (Wildman–Crippen MR) is 148 cm³/mol. The van der Waals surface area contributed by atoms with Gasteiger partial charge in [-0.15, -0.1) is 0 Å². The van der Waals surface area contributed by atoms with Crippen LogP contribution in [-0.4, -0.2) is 54.1 Å². The number of aromatic nitrogens is 1. The number of nitrogens with zero attached hydrogens (tertiary/aromatic N) is 3. The second kappa shape index (κ2) is 11.9. The third-order valence-corrected chi connectivity index (χ3v) is 9.15.